The molecule has 1 aromatic heterocycles. The highest BCUT2D eigenvalue weighted by Crippen LogP contribution is 2.25. The number of aromatic nitrogens is 2. The van der Waals surface area contributed by atoms with Crippen LogP contribution in [0, 0.1) is 3.70 Å². The monoisotopic (exact) mass is 290 g/mol. The molecule has 1 fully saturated rings. The first-order valence-corrected chi connectivity index (χ1v) is 5.56. The van der Waals surface area contributed by atoms with Gasteiger partial charge in [0.25, 0.3) is 0 Å². The zero-order valence-corrected chi connectivity index (χ0v) is 9.40. The van der Waals surface area contributed by atoms with Gasteiger partial charge in [0.15, 0.2) is 0 Å². The second-order valence-electron chi connectivity index (χ2n) is 3.39. The number of Topliss-reactive ketones (excluding diaryl/α,β-unsaturated/α-hetero) is 1. The number of ketones is 1. The number of halogens is 1. The first-order chi connectivity index (χ1) is 6.25. The summed E-state index contributed by atoms with van der Waals surface area (Å²) in [6.45, 7) is 0. The number of rotatable bonds is 1. The highest BCUT2D eigenvalue weighted by molar-refractivity contribution is 14.1. The van der Waals surface area contributed by atoms with E-state index in [9.17, 15) is 4.79 Å². The largest absolute Gasteiger partial charge is 0.300 e. The molecular weight excluding hydrogens is 279 g/mol. The second-order valence-corrected chi connectivity index (χ2v) is 4.49. The maximum atomic E-state index is 11.0. The molecule has 1 aliphatic rings. The molecule has 3 nitrogen and oxygen atoms in total. The van der Waals surface area contributed by atoms with Crippen molar-refractivity contribution in [1.29, 1.82) is 0 Å². The van der Waals surface area contributed by atoms with Crippen molar-refractivity contribution in [3.05, 3.63) is 16.0 Å². The van der Waals surface area contributed by atoms with E-state index in [1.54, 1.807) is 0 Å². The van der Waals surface area contributed by atoms with Crippen LogP contribution in [0.5, 0.6) is 0 Å². The van der Waals surface area contributed by atoms with Crippen molar-refractivity contribution in [2.45, 2.75) is 31.7 Å². The van der Waals surface area contributed by atoms with Crippen molar-refractivity contribution in [2.24, 2.45) is 0 Å². The molecule has 0 spiro atoms. The molecule has 0 unspecified atom stereocenters. The smallest absolute Gasteiger partial charge is 0.133 e. The topological polar surface area (TPSA) is 34.9 Å². The molecule has 0 aliphatic heterocycles. The summed E-state index contributed by atoms with van der Waals surface area (Å²) in [5, 5.41) is 4.35. The normalized spacial score (nSPS) is 19.3. The fourth-order valence-corrected chi connectivity index (χ4v) is 2.12. The minimum atomic E-state index is 0.401. The van der Waals surface area contributed by atoms with E-state index in [-0.39, 0.29) is 0 Å². The number of nitrogens with zero attached hydrogens (tertiary/aromatic N) is 2. The number of hydrogen-bond donors (Lipinski definition) is 0. The summed E-state index contributed by atoms with van der Waals surface area (Å²) in [6.07, 6.45) is 5.36. The molecule has 2 rings (SSSR count). The molecular formula is C9H11IN2O. The number of hydrogen-bond acceptors (Lipinski definition) is 2. The molecule has 4 heteroatoms. The average molecular weight is 290 g/mol. The van der Waals surface area contributed by atoms with E-state index in [1.807, 2.05) is 16.9 Å². The van der Waals surface area contributed by atoms with Crippen LogP contribution >= 0.6 is 22.6 Å². The van der Waals surface area contributed by atoms with Crippen molar-refractivity contribution in [3.63, 3.8) is 0 Å². The minimum absolute atomic E-state index is 0.401. The minimum Gasteiger partial charge on any atom is -0.300 e. The van der Waals surface area contributed by atoms with Gasteiger partial charge in [-0.05, 0) is 41.5 Å². The first kappa shape index (κ1) is 9.18. The fourth-order valence-electron chi connectivity index (χ4n) is 1.71. The summed E-state index contributed by atoms with van der Waals surface area (Å²) in [5.74, 6) is 0.401. The summed E-state index contributed by atoms with van der Waals surface area (Å²) >= 11 is 2.20. The Kier molecular flexibility index (Phi) is 2.66. The van der Waals surface area contributed by atoms with Crippen molar-refractivity contribution in [2.75, 3.05) is 0 Å². The van der Waals surface area contributed by atoms with Crippen LogP contribution in [0.25, 0.3) is 0 Å². The molecule has 1 saturated carbocycles. The lowest BCUT2D eigenvalue weighted by Gasteiger charge is -2.20. The maximum Gasteiger partial charge on any atom is 0.133 e. The van der Waals surface area contributed by atoms with Gasteiger partial charge >= 0.3 is 0 Å². The average Bonchev–Trinajstić information content (AvgIpc) is 2.53. The zero-order valence-electron chi connectivity index (χ0n) is 7.24. The van der Waals surface area contributed by atoms with E-state index >= 15 is 0 Å². The van der Waals surface area contributed by atoms with E-state index in [2.05, 4.69) is 27.7 Å². The molecule has 0 bridgehead atoms. The van der Waals surface area contributed by atoms with Crippen LogP contribution in [0.1, 0.15) is 31.7 Å². The Balaban J connectivity index is 2.06. The quantitative estimate of drug-likeness (QED) is 0.743. The molecule has 70 valence electrons. The Bertz CT molecular complexity index is 311. The first-order valence-electron chi connectivity index (χ1n) is 4.48. The SMILES string of the molecule is O=C1CCC(n2ccc(I)n2)CC1. The second kappa shape index (κ2) is 3.77. The van der Waals surface area contributed by atoms with Crippen LogP contribution in [0.2, 0.25) is 0 Å². The van der Waals surface area contributed by atoms with Crippen molar-refractivity contribution in [1.82, 2.24) is 9.78 Å². The van der Waals surface area contributed by atoms with Crippen molar-refractivity contribution in [3.8, 4) is 0 Å². The molecule has 0 radical (unpaired) electrons. The summed E-state index contributed by atoms with van der Waals surface area (Å²) in [4.78, 5) is 11.0. The van der Waals surface area contributed by atoms with Gasteiger partial charge in [0.1, 0.15) is 9.48 Å². The number of carbonyl (C=O) groups is 1. The van der Waals surface area contributed by atoms with Crippen LogP contribution in [-0.4, -0.2) is 15.6 Å². The van der Waals surface area contributed by atoms with Crippen molar-refractivity contribution >= 4 is 28.4 Å². The van der Waals surface area contributed by atoms with Crippen LogP contribution in [-0.2, 0) is 4.79 Å². The summed E-state index contributed by atoms with van der Waals surface area (Å²) in [5.41, 5.74) is 0. The molecule has 1 heterocycles. The molecule has 0 N–H and O–H groups in total. The van der Waals surface area contributed by atoms with E-state index < -0.39 is 0 Å². The van der Waals surface area contributed by atoms with Gasteiger partial charge in [0, 0.05) is 19.0 Å². The molecule has 0 aromatic carbocycles. The van der Waals surface area contributed by atoms with Gasteiger partial charge in [-0.2, -0.15) is 5.10 Å². The van der Waals surface area contributed by atoms with Gasteiger partial charge in [0.2, 0.25) is 0 Å². The van der Waals surface area contributed by atoms with Gasteiger partial charge in [-0.3, -0.25) is 9.48 Å². The molecule has 13 heavy (non-hydrogen) atoms. The standard InChI is InChI=1S/C9H11IN2O/c10-9-5-6-12(11-9)7-1-3-8(13)4-2-7/h5-7H,1-4H2. The Morgan fingerprint density at radius 1 is 1.46 bits per heavy atom. The highest BCUT2D eigenvalue weighted by atomic mass is 127. The third-order valence-electron chi connectivity index (χ3n) is 2.46. The summed E-state index contributed by atoms with van der Waals surface area (Å²) in [6, 6.07) is 2.44. The molecule has 0 saturated heterocycles. The van der Waals surface area contributed by atoms with E-state index in [1.165, 1.54) is 0 Å². The number of carbonyl (C=O) groups excluding carboxylic acids is 1. The Morgan fingerprint density at radius 3 is 2.69 bits per heavy atom. The lowest BCUT2D eigenvalue weighted by Crippen LogP contribution is -2.18. The van der Waals surface area contributed by atoms with Crippen LogP contribution in [0.15, 0.2) is 12.3 Å². The van der Waals surface area contributed by atoms with Gasteiger partial charge in [0.05, 0.1) is 6.04 Å². The van der Waals surface area contributed by atoms with Crippen LogP contribution < -0.4 is 0 Å². The highest BCUT2D eigenvalue weighted by Gasteiger charge is 2.20. The van der Waals surface area contributed by atoms with Crippen LogP contribution in [0.4, 0.5) is 0 Å². The Hall–Kier alpha value is -0.390. The van der Waals surface area contributed by atoms with E-state index in [4.69, 9.17) is 0 Å². The molecule has 1 aromatic rings. The van der Waals surface area contributed by atoms with E-state index in [0.717, 1.165) is 29.4 Å². The maximum absolute atomic E-state index is 11.0. The van der Waals surface area contributed by atoms with Gasteiger partial charge in [-0.15, -0.1) is 0 Å². The molecule has 0 amide bonds. The van der Waals surface area contributed by atoms with Crippen molar-refractivity contribution < 1.29 is 4.79 Å². The third kappa shape index (κ3) is 2.10. The fraction of sp³-hybridized carbons (Fsp3) is 0.556. The Morgan fingerprint density at radius 2 is 2.15 bits per heavy atom. The van der Waals surface area contributed by atoms with Crippen LogP contribution in [0.3, 0.4) is 0 Å². The van der Waals surface area contributed by atoms with E-state index in [0.29, 0.717) is 11.8 Å². The zero-order chi connectivity index (χ0) is 9.26. The van der Waals surface area contributed by atoms with Gasteiger partial charge in [-0.25, -0.2) is 0 Å². The predicted octanol–water partition coefficient (Wildman–Crippen LogP) is 2.17. The predicted molar refractivity (Wildman–Crippen MR) is 57.5 cm³/mol. The lowest BCUT2D eigenvalue weighted by atomic mass is 9.95. The Labute approximate surface area is 90.6 Å². The van der Waals surface area contributed by atoms with Gasteiger partial charge < -0.3 is 0 Å². The van der Waals surface area contributed by atoms with Gasteiger partial charge in [-0.1, -0.05) is 0 Å². The lowest BCUT2D eigenvalue weighted by molar-refractivity contribution is -0.120. The summed E-state index contributed by atoms with van der Waals surface area (Å²) < 4.78 is 3.02. The third-order valence-corrected chi connectivity index (χ3v) is 3.04. The molecule has 0 atom stereocenters. The molecule has 1 aliphatic carbocycles. The summed E-state index contributed by atoms with van der Waals surface area (Å²) in [7, 11) is 0.